The first kappa shape index (κ1) is 17.9. The Morgan fingerprint density at radius 3 is 2.85 bits per heavy atom. The number of hydrogen-bond acceptors (Lipinski definition) is 5. The number of benzene rings is 2. The van der Waals surface area contributed by atoms with Gasteiger partial charge in [0.25, 0.3) is 11.8 Å². The predicted molar refractivity (Wildman–Crippen MR) is 97.3 cm³/mol. The number of anilines is 2. The average molecular weight is 377 g/mol. The van der Waals surface area contributed by atoms with E-state index in [1.165, 1.54) is 7.11 Å². The summed E-state index contributed by atoms with van der Waals surface area (Å²) in [6.45, 7) is 1.60. The second-order valence-electron chi connectivity index (χ2n) is 5.59. The third-order valence-corrected chi connectivity index (χ3v) is 3.98. The molecule has 0 bridgehead atoms. The highest BCUT2D eigenvalue weighted by Gasteiger charge is 2.19. The highest BCUT2D eigenvalue weighted by atomic mass is 35.5. The number of carbonyl (C=O) groups is 2. The van der Waals surface area contributed by atoms with Gasteiger partial charge in [0.1, 0.15) is 17.2 Å². The zero-order valence-corrected chi connectivity index (χ0v) is 14.9. The van der Waals surface area contributed by atoms with Gasteiger partial charge in [0, 0.05) is 11.8 Å². The van der Waals surface area contributed by atoms with Gasteiger partial charge in [-0.15, -0.1) is 0 Å². The number of halogens is 1. The molecule has 7 nitrogen and oxygen atoms in total. The van der Waals surface area contributed by atoms with Crippen LogP contribution in [0.2, 0.25) is 5.02 Å². The van der Waals surface area contributed by atoms with E-state index in [0.717, 1.165) is 0 Å². The second-order valence-corrected chi connectivity index (χ2v) is 6.00. The summed E-state index contributed by atoms with van der Waals surface area (Å²) in [7, 11) is 1.52. The quantitative estimate of drug-likeness (QED) is 0.837. The van der Waals surface area contributed by atoms with Gasteiger partial charge in [-0.1, -0.05) is 11.6 Å². The van der Waals surface area contributed by atoms with Gasteiger partial charge in [-0.25, -0.2) is 0 Å². The van der Waals surface area contributed by atoms with Gasteiger partial charge in [0.2, 0.25) is 0 Å². The van der Waals surface area contributed by atoms with Crippen LogP contribution in [0.1, 0.15) is 6.92 Å². The molecule has 0 saturated carbocycles. The number of rotatable bonds is 5. The Balaban J connectivity index is 1.65. The van der Waals surface area contributed by atoms with Gasteiger partial charge in [-0.3, -0.25) is 9.59 Å². The van der Waals surface area contributed by atoms with Crippen molar-refractivity contribution >= 4 is 34.8 Å². The first-order valence-corrected chi connectivity index (χ1v) is 8.22. The molecule has 2 aromatic carbocycles. The van der Waals surface area contributed by atoms with Crippen molar-refractivity contribution in [2.24, 2.45) is 0 Å². The molecule has 0 aromatic heterocycles. The molecular formula is C18H17ClN2O5. The topological polar surface area (TPSA) is 85.9 Å². The average Bonchev–Trinajstić information content (AvgIpc) is 2.61. The van der Waals surface area contributed by atoms with E-state index in [4.69, 9.17) is 25.8 Å². The van der Waals surface area contributed by atoms with Gasteiger partial charge < -0.3 is 24.8 Å². The molecule has 3 rings (SSSR count). The lowest BCUT2D eigenvalue weighted by molar-refractivity contribution is -0.122. The summed E-state index contributed by atoms with van der Waals surface area (Å²) < 4.78 is 16.0. The molecular weight excluding hydrogens is 360 g/mol. The minimum absolute atomic E-state index is 0.0174. The van der Waals surface area contributed by atoms with Crippen molar-refractivity contribution in [1.29, 1.82) is 0 Å². The van der Waals surface area contributed by atoms with Gasteiger partial charge in [0.15, 0.2) is 12.7 Å². The van der Waals surface area contributed by atoms with Crippen LogP contribution in [0.25, 0.3) is 0 Å². The Labute approximate surface area is 155 Å². The fourth-order valence-electron chi connectivity index (χ4n) is 2.38. The number of ether oxygens (including phenoxy) is 3. The maximum Gasteiger partial charge on any atom is 0.265 e. The summed E-state index contributed by atoms with van der Waals surface area (Å²) >= 11 is 6.05. The van der Waals surface area contributed by atoms with Gasteiger partial charge in [-0.2, -0.15) is 0 Å². The van der Waals surface area contributed by atoms with E-state index >= 15 is 0 Å². The fourth-order valence-corrected chi connectivity index (χ4v) is 2.64. The molecule has 0 fully saturated rings. The van der Waals surface area contributed by atoms with Crippen molar-refractivity contribution in [3.05, 3.63) is 41.4 Å². The summed E-state index contributed by atoms with van der Waals surface area (Å²) in [6.07, 6.45) is -0.769. The van der Waals surface area contributed by atoms with Crippen molar-refractivity contribution in [2.45, 2.75) is 13.0 Å². The number of fused-ring (bicyclic) bond motifs is 1. The molecule has 1 heterocycles. The van der Waals surface area contributed by atoms with Crippen LogP contribution in [0.15, 0.2) is 36.4 Å². The molecule has 2 amide bonds. The lowest BCUT2D eigenvalue weighted by Gasteiger charge is -2.20. The van der Waals surface area contributed by atoms with Crippen LogP contribution >= 0.6 is 11.6 Å². The van der Waals surface area contributed by atoms with Crippen LogP contribution in [0.4, 0.5) is 11.4 Å². The third-order valence-electron chi connectivity index (χ3n) is 3.69. The lowest BCUT2D eigenvalue weighted by atomic mass is 10.2. The van der Waals surface area contributed by atoms with E-state index in [9.17, 15) is 9.59 Å². The maximum absolute atomic E-state index is 12.3. The van der Waals surface area contributed by atoms with E-state index in [-0.39, 0.29) is 18.4 Å². The molecule has 2 aromatic rings. The number of amides is 2. The zero-order valence-electron chi connectivity index (χ0n) is 14.2. The summed E-state index contributed by atoms with van der Waals surface area (Å²) in [5, 5.41) is 5.81. The normalized spacial score (nSPS) is 13.7. The highest BCUT2D eigenvalue weighted by Crippen LogP contribution is 2.32. The van der Waals surface area contributed by atoms with Gasteiger partial charge in [-0.05, 0) is 37.3 Å². The van der Waals surface area contributed by atoms with Crippen LogP contribution in [-0.4, -0.2) is 31.6 Å². The first-order chi connectivity index (χ1) is 12.5. The van der Waals surface area contributed by atoms with E-state index in [1.54, 1.807) is 43.3 Å². The van der Waals surface area contributed by atoms with Crippen LogP contribution in [0.3, 0.4) is 0 Å². The van der Waals surface area contributed by atoms with Gasteiger partial charge in [0.05, 0.1) is 17.8 Å². The molecule has 0 radical (unpaired) electrons. The van der Waals surface area contributed by atoms with Crippen molar-refractivity contribution < 1.29 is 23.8 Å². The van der Waals surface area contributed by atoms with Crippen molar-refractivity contribution in [3.63, 3.8) is 0 Å². The molecule has 26 heavy (non-hydrogen) atoms. The molecule has 1 atom stereocenters. The number of nitrogens with one attached hydrogen (secondary N) is 2. The second kappa shape index (κ2) is 7.53. The molecule has 2 N–H and O–H groups in total. The Morgan fingerprint density at radius 1 is 1.31 bits per heavy atom. The maximum atomic E-state index is 12.3. The number of methoxy groups -OCH3 is 1. The number of hydrogen-bond donors (Lipinski definition) is 2. The largest absolute Gasteiger partial charge is 0.495 e. The lowest BCUT2D eigenvalue weighted by Crippen LogP contribution is -2.30. The minimum Gasteiger partial charge on any atom is -0.495 e. The summed E-state index contributed by atoms with van der Waals surface area (Å²) in [4.78, 5) is 23.7. The predicted octanol–water partition coefficient (Wildman–Crippen LogP) is 3.09. The molecule has 136 valence electrons. The Bertz CT molecular complexity index is 855. The molecule has 1 aliphatic rings. The Morgan fingerprint density at radius 2 is 2.12 bits per heavy atom. The van der Waals surface area contributed by atoms with E-state index in [0.29, 0.717) is 33.6 Å². The standard InChI is InChI=1S/C18H17ClN2O5/c1-10(18(23)20-11-3-5-15(24-2)13(19)7-11)26-12-4-6-16-14(8-12)21-17(22)9-25-16/h3-8,10H,9H2,1-2H3,(H,20,23)(H,21,22). The monoisotopic (exact) mass is 376 g/mol. The Kier molecular flexibility index (Phi) is 5.18. The highest BCUT2D eigenvalue weighted by molar-refractivity contribution is 6.32. The van der Waals surface area contributed by atoms with Crippen LogP contribution in [0.5, 0.6) is 17.2 Å². The zero-order chi connectivity index (χ0) is 18.7. The fraction of sp³-hybridized carbons (Fsp3) is 0.222. The SMILES string of the molecule is COc1ccc(NC(=O)C(C)Oc2ccc3c(c2)NC(=O)CO3)cc1Cl. The van der Waals surface area contributed by atoms with Crippen molar-refractivity contribution in [3.8, 4) is 17.2 Å². The molecule has 0 aliphatic carbocycles. The smallest absolute Gasteiger partial charge is 0.265 e. The van der Waals surface area contributed by atoms with Crippen LogP contribution < -0.4 is 24.8 Å². The summed E-state index contributed by atoms with van der Waals surface area (Å²) in [6, 6.07) is 9.90. The van der Waals surface area contributed by atoms with E-state index in [1.807, 2.05) is 0 Å². The van der Waals surface area contributed by atoms with Gasteiger partial charge >= 0.3 is 0 Å². The molecule has 0 saturated heterocycles. The van der Waals surface area contributed by atoms with Crippen molar-refractivity contribution in [2.75, 3.05) is 24.4 Å². The van der Waals surface area contributed by atoms with Crippen molar-refractivity contribution in [1.82, 2.24) is 0 Å². The first-order valence-electron chi connectivity index (χ1n) is 7.84. The summed E-state index contributed by atoms with van der Waals surface area (Å²) in [5.74, 6) is 0.931. The molecule has 1 aliphatic heterocycles. The molecule has 8 heteroatoms. The third kappa shape index (κ3) is 4.00. The molecule has 1 unspecified atom stereocenters. The number of carbonyl (C=O) groups excluding carboxylic acids is 2. The van der Waals surface area contributed by atoms with E-state index < -0.39 is 6.10 Å². The van der Waals surface area contributed by atoms with Crippen LogP contribution in [0, 0.1) is 0 Å². The van der Waals surface area contributed by atoms with Crippen LogP contribution in [-0.2, 0) is 9.59 Å². The van der Waals surface area contributed by atoms with E-state index in [2.05, 4.69) is 10.6 Å². The summed E-state index contributed by atoms with van der Waals surface area (Å²) in [5.41, 5.74) is 1.04. The Hall–Kier alpha value is -2.93. The molecule has 0 spiro atoms. The minimum atomic E-state index is -0.769.